The second-order valence-electron chi connectivity index (χ2n) is 10.0. The quantitative estimate of drug-likeness (QED) is 0.658. The van der Waals surface area contributed by atoms with E-state index in [0.29, 0.717) is 29.1 Å². The van der Waals surface area contributed by atoms with E-state index in [9.17, 15) is 4.79 Å². The molecule has 0 aliphatic heterocycles. The summed E-state index contributed by atoms with van der Waals surface area (Å²) >= 11 is 0. The molecule has 0 saturated heterocycles. The van der Waals surface area contributed by atoms with Gasteiger partial charge in [-0.1, -0.05) is 20.8 Å². The molecule has 2 aliphatic carbocycles. The maximum absolute atomic E-state index is 12.9. The van der Waals surface area contributed by atoms with Gasteiger partial charge in [-0.3, -0.25) is 4.79 Å². The zero-order chi connectivity index (χ0) is 17.3. The fourth-order valence-electron chi connectivity index (χ4n) is 4.54. The summed E-state index contributed by atoms with van der Waals surface area (Å²) in [6.45, 7) is 13.4. The summed E-state index contributed by atoms with van der Waals surface area (Å²) in [4.78, 5) is 12.9. The highest BCUT2D eigenvalue weighted by Crippen LogP contribution is 2.42. The van der Waals surface area contributed by atoms with Crippen molar-refractivity contribution < 1.29 is 9.53 Å². The average molecular weight is 323 g/mol. The molecule has 0 aromatic rings. The molecule has 0 aromatic carbocycles. The van der Waals surface area contributed by atoms with Crippen LogP contribution in [-0.2, 0) is 9.53 Å². The van der Waals surface area contributed by atoms with Crippen molar-refractivity contribution in [3.8, 4) is 0 Å². The summed E-state index contributed by atoms with van der Waals surface area (Å²) in [6, 6.07) is 0. The summed E-state index contributed by atoms with van der Waals surface area (Å²) in [5.41, 5.74) is 0.337. The minimum absolute atomic E-state index is 0.0626. The van der Waals surface area contributed by atoms with E-state index < -0.39 is 0 Å². The Kier molecular flexibility index (Phi) is 5.98. The second kappa shape index (κ2) is 7.25. The highest BCUT2D eigenvalue weighted by Gasteiger charge is 2.36. The Hall–Kier alpha value is -0.370. The first kappa shape index (κ1) is 19.0. The summed E-state index contributed by atoms with van der Waals surface area (Å²) in [5, 5.41) is 0. The maximum Gasteiger partial charge on any atom is 0.139 e. The van der Waals surface area contributed by atoms with Crippen LogP contribution in [0.3, 0.4) is 0 Å². The largest absolute Gasteiger partial charge is 0.373 e. The van der Waals surface area contributed by atoms with Crippen molar-refractivity contribution in [2.75, 3.05) is 0 Å². The van der Waals surface area contributed by atoms with E-state index in [1.165, 1.54) is 12.8 Å². The van der Waals surface area contributed by atoms with Crippen molar-refractivity contribution >= 4 is 5.78 Å². The number of ketones is 1. The molecule has 0 radical (unpaired) electrons. The molecule has 0 bridgehead atoms. The van der Waals surface area contributed by atoms with Gasteiger partial charge in [0, 0.05) is 11.8 Å². The molecule has 0 amide bonds. The van der Waals surface area contributed by atoms with Gasteiger partial charge in [0.1, 0.15) is 5.78 Å². The third kappa shape index (κ3) is 5.59. The van der Waals surface area contributed by atoms with E-state index in [1.807, 2.05) is 0 Å². The third-order valence-corrected chi connectivity index (χ3v) is 5.95. The Morgan fingerprint density at radius 3 is 1.57 bits per heavy atom. The summed E-state index contributed by atoms with van der Waals surface area (Å²) in [5.74, 6) is 2.03. The molecule has 2 heteroatoms. The molecule has 2 saturated carbocycles. The predicted octanol–water partition coefficient (Wildman–Crippen LogP) is 5.78. The molecule has 2 nitrogen and oxygen atoms in total. The van der Waals surface area contributed by atoms with Crippen LogP contribution in [0.5, 0.6) is 0 Å². The molecule has 134 valence electrons. The fraction of sp³-hybridized carbons (Fsp3) is 0.952. The van der Waals surface area contributed by atoms with Crippen molar-refractivity contribution in [1.82, 2.24) is 0 Å². The number of hydrogen-bond acceptors (Lipinski definition) is 2. The minimum Gasteiger partial charge on any atom is -0.373 e. The molecule has 0 atom stereocenters. The summed E-state index contributed by atoms with van der Waals surface area (Å²) in [7, 11) is 0. The number of ether oxygens (including phenoxy) is 1. The second-order valence-corrected chi connectivity index (χ2v) is 10.0. The molecule has 0 unspecified atom stereocenters. The topological polar surface area (TPSA) is 26.3 Å². The van der Waals surface area contributed by atoms with Crippen LogP contribution in [0, 0.1) is 23.2 Å². The average Bonchev–Trinajstić information content (AvgIpc) is 2.45. The molecule has 23 heavy (non-hydrogen) atoms. The van der Waals surface area contributed by atoms with Crippen LogP contribution in [-0.4, -0.2) is 17.5 Å². The van der Waals surface area contributed by atoms with Gasteiger partial charge in [0.15, 0.2) is 0 Å². The number of hydrogen-bond donors (Lipinski definition) is 0. The standard InChI is InChI=1S/C21H38O2/c1-20(2,3)17-11-7-15(8-12-17)19(22)16-9-13-18(14-10-16)23-21(4,5)6/h15-18H,7-14H2,1-6H3. The Bertz CT molecular complexity index is 383. The third-order valence-electron chi connectivity index (χ3n) is 5.95. The lowest BCUT2D eigenvalue weighted by Crippen LogP contribution is -2.35. The van der Waals surface area contributed by atoms with Gasteiger partial charge in [-0.15, -0.1) is 0 Å². The SMILES string of the molecule is CC(C)(C)OC1CCC(C(=O)C2CCC(C(C)(C)C)CC2)CC1. The Balaban J connectivity index is 1.78. The molecule has 0 spiro atoms. The normalized spacial score (nSPS) is 33.5. The van der Waals surface area contributed by atoms with Crippen LogP contribution >= 0.6 is 0 Å². The Morgan fingerprint density at radius 2 is 1.17 bits per heavy atom. The molecule has 0 aromatic heterocycles. The molecule has 2 rings (SSSR count). The van der Waals surface area contributed by atoms with E-state index in [-0.39, 0.29) is 5.60 Å². The van der Waals surface area contributed by atoms with Crippen molar-refractivity contribution in [2.24, 2.45) is 23.2 Å². The lowest BCUT2D eigenvalue weighted by molar-refractivity contribution is -0.132. The van der Waals surface area contributed by atoms with Crippen molar-refractivity contribution in [2.45, 2.75) is 105 Å². The zero-order valence-electron chi connectivity index (χ0n) is 16.3. The van der Waals surface area contributed by atoms with Crippen LogP contribution in [0.25, 0.3) is 0 Å². The monoisotopic (exact) mass is 322 g/mol. The smallest absolute Gasteiger partial charge is 0.139 e. The van der Waals surface area contributed by atoms with Gasteiger partial charge in [-0.2, -0.15) is 0 Å². The van der Waals surface area contributed by atoms with Crippen LogP contribution in [0.15, 0.2) is 0 Å². The van der Waals surface area contributed by atoms with Crippen LogP contribution in [0.1, 0.15) is 92.9 Å². The Morgan fingerprint density at radius 1 is 0.739 bits per heavy atom. The van der Waals surface area contributed by atoms with E-state index >= 15 is 0 Å². The number of rotatable bonds is 3. The van der Waals surface area contributed by atoms with E-state index in [2.05, 4.69) is 41.5 Å². The van der Waals surface area contributed by atoms with Crippen LogP contribution in [0.4, 0.5) is 0 Å². The van der Waals surface area contributed by atoms with Gasteiger partial charge in [-0.25, -0.2) is 0 Å². The van der Waals surface area contributed by atoms with Gasteiger partial charge >= 0.3 is 0 Å². The highest BCUT2D eigenvalue weighted by molar-refractivity contribution is 5.83. The molecular weight excluding hydrogens is 284 g/mol. The first-order chi connectivity index (χ1) is 10.6. The summed E-state index contributed by atoms with van der Waals surface area (Å²) < 4.78 is 6.09. The van der Waals surface area contributed by atoms with E-state index in [0.717, 1.165) is 44.4 Å². The first-order valence-electron chi connectivity index (χ1n) is 9.78. The van der Waals surface area contributed by atoms with Gasteiger partial charge in [0.05, 0.1) is 11.7 Å². The maximum atomic E-state index is 12.9. The number of Topliss-reactive ketones (excluding diaryl/α,β-unsaturated/α-hetero) is 1. The van der Waals surface area contributed by atoms with Crippen LogP contribution in [0.2, 0.25) is 0 Å². The predicted molar refractivity (Wildman–Crippen MR) is 96.5 cm³/mol. The first-order valence-corrected chi connectivity index (χ1v) is 9.78. The summed E-state index contributed by atoms with van der Waals surface area (Å²) in [6.07, 6.45) is 9.28. The lowest BCUT2D eigenvalue weighted by Gasteiger charge is -2.38. The lowest BCUT2D eigenvalue weighted by atomic mass is 9.67. The molecule has 2 aliphatic rings. The van der Waals surface area contributed by atoms with Gasteiger partial charge in [0.2, 0.25) is 0 Å². The fourth-order valence-corrected chi connectivity index (χ4v) is 4.54. The molecule has 2 fully saturated rings. The van der Waals surface area contributed by atoms with Crippen molar-refractivity contribution in [3.05, 3.63) is 0 Å². The highest BCUT2D eigenvalue weighted by atomic mass is 16.5. The van der Waals surface area contributed by atoms with E-state index in [1.54, 1.807) is 0 Å². The molecule has 0 heterocycles. The zero-order valence-corrected chi connectivity index (χ0v) is 16.3. The van der Waals surface area contributed by atoms with Crippen molar-refractivity contribution in [3.63, 3.8) is 0 Å². The number of carbonyl (C=O) groups excluding carboxylic acids is 1. The van der Waals surface area contributed by atoms with Gasteiger partial charge < -0.3 is 4.74 Å². The minimum atomic E-state index is -0.0626. The Labute approximate surface area is 143 Å². The number of carbonyl (C=O) groups is 1. The van der Waals surface area contributed by atoms with E-state index in [4.69, 9.17) is 4.74 Å². The van der Waals surface area contributed by atoms with Crippen LogP contribution < -0.4 is 0 Å². The molecule has 0 N–H and O–H groups in total. The van der Waals surface area contributed by atoms with Gasteiger partial charge in [0.25, 0.3) is 0 Å². The van der Waals surface area contributed by atoms with Gasteiger partial charge in [-0.05, 0) is 83.5 Å². The van der Waals surface area contributed by atoms with Crippen molar-refractivity contribution in [1.29, 1.82) is 0 Å². The molecular formula is C21H38O2.